The molecule has 2 nitrogen and oxygen atoms in total. The molecule has 0 bridgehead atoms. The van der Waals surface area contributed by atoms with Gasteiger partial charge in [0.2, 0.25) is 0 Å². The van der Waals surface area contributed by atoms with Crippen LogP contribution in [0.4, 0.5) is 0 Å². The average Bonchev–Trinajstić information content (AvgIpc) is 3.11. The van der Waals surface area contributed by atoms with Crippen LogP contribution in [-0.2, 0) is 9.31 Å². The molecule has 1 aromatic heterocycles. The van der Waals surface area contributed by atoms with E-state index in [0.717, 1.165) is 11.9 Å². The van der Waals surface area contributed by atoms with Crippen molar-refractivity contribution in [1.29, 1.82) is 0 Å². The average molecular weight is 404 g/mol. The molecule has 29 heavy (non-hydrogen) atoms. The van der Waals surface area contributed by atoms with Crippen molar-refractivity contribution in [1.82, 2.24) is 0 Å². The molecule has 150 valence electrons. The maximum atomic E-state index is 6.25. The summed E-state index contributed by atoms with van der Waals surface area (Å²) in [7, 11) is -0.338. The molecule has 0 unspecified atom stereocenters. The number of aryl methyl sites for hydroxylation is 1. The summed E-state index contributed by atoms with van der Waals surface area (Å²) in [4.78, 5) is 1.37. The molecule has 1 fully saturated rings. The number of hydrogen-bond donors (Lipinski definition) is 0. The monoisotopic (exact) mass is 404 g/mol. The number of rotatable bonds is 4. The third-order valence-corrected chi connectivity index (χ3v) is 7.28. The SMILES string of the molecule is CC/C=C\c1c(C)sc2ccc(-c3cccc(B4OC(C)(C)C(C)(C)O4)c3)cc12. The van der Waals surface area contributed by atoms with Crippen LogP contribution in [0, 0.1) is 6.92 Å². The van der Waals surface area contributed by atoms with Crippen molar-refractivity contribution < 1.29 is 9.31 Å². The second-order valence-electron chi connectivity index (χ2n) is 8.81. The summed E-state index contributed by atoms with van der Waals surface area (Å²) in [6.45, 7) is 12.7. The van der Waals surface area contributed by atoms with Crippen LogP contribution in [0.2, 0.25) is 0 Å². The van der Waals surface area contributed by atoms with E-state index in [4.69, 9.17) is 9.31 Å². The summed E-state index contributed by atoms with van der Waals surface area (Å²) in [6, 6.07) is 15.3. The van der Waals surface area contributed by atoms with E-state index in [2.05, 4.69) is 96.2 Å². The van der Waals surface area contributed by atoms with Crippen molar-refractivity contribution >= 4 is 40.1 Å². The first kappa shape index (κ1) is 20.4. The lowest BCUT2D eigenvalue weighted by Crippen LogP contribution is -2.41. The van der Waals surface area contributed by atoms with Gasteiger partial charge in [0.05, 0.1) is 11.2 Å². The molecule has 0 amide bonds. The van der Waals surface area contributed by atoms with E-state index in [-0.39, 0.29) is 18.3 Å². The fourth-order valence-corrected chi connectivity index (χ4v) is 4.74. The lowest BCUT2D eigenvalue weighted by Gasteiger charge is -2.32. The molecule has 1 saturated heterocycles. The van der Waals surface area contributed by atoms with Gasteiger partial charge in [0.15, 0.2) is 0 Å². The van der Waals surface area contributed by atoms with E-state index < -0.39 is 0 Å². The smallest absolute Gasteiger partial charge is 0.399 e. The Morgan fingerprint density at radius 1 is 0.966 bits per heavy atom. The Balaban J connectivity index is 1.72. The van der Waals surface area contributed by atoms with E-state index in [1.807, 2.05) is 11.3 Å². The summed E-state index contributed by atoms with van der Waals surface area (Å²) in [5.41, 5.74) is 4.15. The first-order valence-electron chi connectivity index (χ1n) is 10.4. The summed E-state index contributed by atoms with van der Waals surface area (Å²) in [5, 5.41) is 1.33. The quantitative estimate of drug-likeness (QED) is 0.456. The highest BCUT2D eigenvalue weighted by Gasteiger charge is 2.51. The molecular formula is C25H29BO2S. The minimum atomic E-state index is -0.338. The van der Waals surface area contributed by atoms with Crippen molar-refractivity contribution in [2.45, 2.75) is 59.2 Å². The molecule has 0 radical (unpaired) electrons. The van der Waals surface area contributed by atoms with E-state index in [9.17, 15) is 0 Å². The number of thiophene rings is 1. The van der Waals surface area contributed by atoms with Crippen molar-refractivity contribution in [3.8, 4) is 11.1 Å². The fraction of sp³-hybridized carbons (Fsp3) is 0.360. The Hall–Kier alpha value is -1.88. The fourth-order valence-electron chi connectivity index (χ4n) is 3.71. The first-order valence-corrected chi connectivity index (χ1v) is 11.2. The van der Waals surface area contributed by atoms with Crippen LogP contribution in [-0.4, -0.2) is 18.3 Å². The van der Waals surface area contributed by atoms with Crippen molar-refractivity contribution in [3.63, 3.8) is 0 Å². The maximum Gasteiger partial charge on any atom is 0.494 e. The second kappa shape index (κ2) is 7.43. The Morgan fingerprint density at radius 2 is 1.66 bits per heavy atom. The molecule has 4 rings (SSSR count). The van der Waals surface area contributed by atoms with Crippen LogP contribution in [0.15, 0.2) is 48.5 Å². The third kappa shape index (κ3) is 3.70. The number of benzene rings is 2. The highest BCUT2D eigenvalue weighted by Crippen LogP contribution is 2.37. The minimum Gasteiger partial charge on any atom is -0.399 e. The number of hydrogen-bond acceptors (Lipinski definition) is 3. The van der Waals surface area contributed by atoms with Crippen LogP contribution < -0.4 is 5.46 Å². The van der Waals surface area contributed by atoms with Gasteiger partial charge < -0.3 is 9.31 Å². The summed E-state index contributed by atoms with van der Waals surface area (Å²) >= 11 is 1.86. The largest absolute Gasteiger partial charge is 0.494 e. The van der Waals surface area contributed by atoms with E-state index >= 15 is 0 Å². The molecule has 3 aromatic rings. The lowest BCUT2D eigenvalue weighted by atomic mass is 9.78. The molecule has 1 aliphatic heterocycles. The van der Waals surface area contributed by atoms with Gasteiger partial charge in [0.1, 0.15) is 0 Å². The minimum absolute atomic E-state index is 0.332. The predicted molar refractivity (Wildman–Crippen MR) is 127 cm³/mol. The Morgan fingerprint density at radius 3 is 2.34 bits per heavy atom. The molecule has 4 heteroatoms. The molecule has 0 N–H and O–H groups in total. The summed E-state index contributed by atoms with van der Waals surface area (Å²) in [5.74, 6) is 0. The van der Waals surface area contributed by atoms with Crippen LogP contribution in [0.3, 0.4) is 0 Å². The van der Waals surface area contributed by atoms with E-state index in [1.165, 1.54) is 31.7 Å². The van der Waals surface area contributed by atoms with Crippen LogP contribution in [0.5, 0.6) is 0 Å². The van der Waals surface area contributed by atoms with Gasteiger partial charge >= 0.3 is 7.12 Å². The molecule has 0 atom stereocenters. The summed E-state index contributed by atoms with van der Waals surface area (Å²) in [6.07, 6.45) is 5.55. The molecule has 2 heterocycles. The zero-order valence-electron chi connectivity index (χ0n) is 18.2. The van der Waals surface area contributed by atoms with Gasteiger partial charge in [-0.05, 0) is 75.3 Å². The van der Waals surface area contributed by atoms with E-state index in [0.29, 0.717) is 0 Å². The summed E-state index contributed by atoms with van der Waals surface area (Å²) < 4.78 is 13.8. The van der Waals surface area contributed by atoms with Crippen LogP contribution in [0.1, 0.15) is 51.5 Å². The Kier molecular flexibility index (Phi) is 5.22. The van der Waals surface area contributed by atoms with Gasteiger partial charge in [0, 0.05) is 15.0 Å². The molecule has 0 spiro atoms. The molecule has 0 aliphatic carbocycles. The number of fused-ring (bicyclic) bond motifs is 1. The molecule has 0 saturated carbocycles. The number of allylic oxidation sites excluding steroid dienone is 1. The first-order chi connectivity index (χ1) is 13.7. The normalized spacial score (nSPS) is 18.2. The maximum absolute atomic E-state index is 6.25. The third-order valence-electron chi connectivity index (χ3n) is 6.18. The van der Waals surface area contributed by atoms with Gasteiger partial charge in [-0.15, -0.1) is 11.3 Å². The standard InChI is InChI=1S/C25H29BO2S/c1-7-8-12-21-17(2)29-23-14-13-19(16-22(21)23)18-10-9-11-20(15-18)26-27-24(3,4)25(5,6)28-26/h8-16H,7H2,1-6H3/b12-8-. The Labute approximate surface area is 178 Å². The molecular weight excluding hydrogens is 375 g/mol. The zero-order valence-corrected chi connectivity index (χ0v) is 19.0. The van der Waals surface area contributed by atoms with Gasteiger partial charge in [-0.2, -0.15) is 0 Å². The lowest BCUT2D eigenvalue weighted by molar-refractivity contribution is 0.00578. The van der Waals surface area contributed by atoms with Crippen LogP contribution in [0.25, 0.3) is 27.3 Å². The van der Waals surface area contributed by atoms with Crippen LogP contribution >= 0.6 is 11.3 Å². The Bertz CT molecular complexity index is 1060. The second-order valence-corrected chi connectivity index (χ2v) is 10.1. The highest BCUT2D eigenvalue weighted by molar-refractivity contribution is 7.19. The van der Waals surface area contributed by atoms with Crippen molar-refractivity contribution in [3.05, 3.63) is 59.0 Å². The highest BCUT2D eigenvalue weighted by atomic mass is 32.1. The zero-order chi connectivity index (χ0) is 20.8. The van der Waals surface area contributed by atoms with E-state index in [1.54, 1.807) is 0 Å². The molecule has 2 aromatic carbocycles. The van der Waals surface area contributed by atoms with Gasteiger partial charge in [-0.3, -0.25) is 0 Å². The van der Waals surface area contributed by atoms with Gasteiger partial charge in [0.25, 0.3) is 0 Å². The predicted octanol–water partition coefficient (Wildman–Crippen LogP) is 6.60. The van der Waals surface area contributed by atoms with Gasteiger partial charge in [-0.25, -0.2) is 0 Å². The van der Waals surface area contributed by atoms with Crippen molar-refractivity contribution in [2.75, 3.05) is 0 Å². The molecule has 1 aliphatic rings. The van der Waals surface area contributed by atoms with Gasteiger partial charge in [-0.1, -0.05) is 49.4 Å². The van der Waals surface area contributed by atoms with Crippen molar-refractivity contribution in [2.24, 2.45) is 0 Å². The topological polar surface area (TPSA) is 18.5 Å².